The number of hydrogen-bond donors (Lipinski definition) is 0. The van der Waals surface area contributed by atoms with Gasteiger partial charge in [0, 0.05) is 25.8 Å². The smallest absolute Gasteiger partial charge is 0.175 e. The predicted molar refractivity (Wildman–Crippen MR) is 79.5 cm³/mol. The molecule has 2 aliphatic heterocycles. The summed E-state index contributed by atoms with van der Waals surface area (Å²) in [5.41, 5.74) is 0. The number of methoxy groups -OCH3 is 1. The van der Waals surface area contributed by atoms with Crippen molar-refractivity contribution in [3.8, 4) is 5.75 Å². The van der Waals surface area contributed by atoms with Gasteiger partial charge in [-0.05, 0) is 35.1 Å². The molecule has 0 N–H and O–H groups in total. The third-order valence-electron chi connectivity index (χ3n) is 3.59. The fourth-order valence-corrected chi connectivity index (χ4v) is 3.34. The fraction of sp³-hybridized carbons (Fsp3) is 0.615. The Morgan fingerprint density at radius 2 is 2.47 bits per heavy atom. The Labute approximate surface area is 126 Å². The van der Waals surface area contributed by atoms with Crippen LogP contribution in [-0.2, 0) is 9.47 Å². The summed E-state index contributed by atoms with van der Waals surface area (Å²) < 4.78 is 17.4. The summed E-state index contributed by atoms with van der Waals surface area (Å²) in [7, 11) is 1.65. The molecular formula is C13H17IN2O3. The first-order valence-corrected chi connectivity index (χ1v) is 7.48. The third kappa shape index (κ3) is 2.66. The number of anilines is 1. The number of aromatic nitrogens is 1. The molecule has 2 aliphatic rings. The van der Waals surface area contributed by atoms with Crippen LogP contribution in [0.3, 0.4) is 0 Å². The second kappa shape index (κ2) is 5.80. The number of nitrogens with zero attached hydrogens (tertiary/aromatic N) is 2. The summed E-state index contributed by atoms with van der Waals surface area (Å²) in [6.45, 7) is 2.83. The van der Waals surface area contributed by atoms with Gasteiger partial charge >= 0.3 is 0 Å². The van der Waals surface area contributed by atoms with Crippen molar-refractivity contribution in [3.63, 3.8) is 0 Å². The van der Waals surface area contributed by atoms with E-state index in [0.717, 1.165) is 41.3 Å². The van der Waals surface area contributed by atoms with Gasteiger partial charge in [-0.3, -0.25) is 0 Å². The lowest BCUT2D eigenvalue weighted by Crippen LogP contribution is -2.39. The molecule has 0 saturated carbocycles. The minimum absolute atomic E-state index is 0.365. The van der Waals surface area contributed by atoms with Crippen molar-refractivity contribution < 1.29 is 14.2 Å². The third-order valence-corrected chi connectivity index (χ3v) is 4.44. The van der Waals surface area contributed by atoms with Crippen LogP contribution in [0.4, 0.5) is 5.82 Å². The molecule has 1 saturated heterocycles. The Bertz CT molecular complexity index is 458. The van der Waals surface area contributed by atoms with Crippen molar-refractivity contribution in [2.24, 2.45) is 5.92 Å². The predicted octanol–water partition coefficient (Wildman–Crippen LogP) is 1.89. The molecule has 5 nitrogen and oxygen atoms in total. The standard InChI is InChI=1S/C13H17IN2O3/c1-17-8-18-6-9-4-10-7-19-12-11(14)2-3-15-13(12)16(10)5-9/h2-3,9-10H,4-8H2,1H3. The monoisotopic (exact) mass is 376 g/mol. The van der Waals surface area contributed by atoms with Crippen LogP contribution in [0.2, 0.25) is 0 Å². The molecule has 1 aromatic rings. The highest BCUT2D eigenvalue weighted by Crippen LogP contribution is 2.40. The zero-order chi connectivity index (χ0) is 13.2. The maximum Gasteiger partial charge on any atom is 0.175 e. The lowest BCUT2D eigenvalue weighted by atomic mass is 10.1. The Kier molecular flexibility index (Phi) is 4.09. The number of pyridine rings is 1. The first-order valence-electron chi connectivity index (χ1n) is 6.40. The topological polar surface area (TPSA) is 43.8 Å². The summed E-state index contributed by atoms with van der Waals surface area (Å²) in [5.74, 6) is 2.43. The van der Waals surface area contributed by atoms with Gasteiger partial charge in [-0.1, -0.05) is 0 Å². The quantitative estimate of drug-likeness (QED) is 0.456. The van der Waals surface area contributed by atoms with Gasteiger partial charge in [-0.25, -0.2) is 4.98 Å². The number of rotatable bonds is 4. The highest BCUT2D eigenvalue weighted by atomic mass is 127. The van der Waals surface area contributed by atoms with Crippen LogP contribution in [0, 0.1) is 9.49 Å². The van der Waals surface area contributed by atoms with Crippen LogP contribution in [0.25, 0.3) is 0 Å². The van der Waals surface area contributed by atoms with E-state index in [9.17, 15) is 0 Å². The van der Waals surface area contributed by atoms with E-state index in [-0.39, 0.29) is 0 Å². The largest absolute Gasteiger partial charge is 0.486 e. The molecule has 2 unspecified atom stereocenters. The molecule has 1 aromatic heterocycles. The molecule has 0 radical (unpaired) electrons. The van der Waals surface area contributed by atoms with Gasteiger partial charge in [0.05, 0.1) is 16.2 Å². The van der Waals surface area contributed by atoms with E-state index < -0.39 is 0 Å². The van der Waals surface area contributed by atoms with E-state index in [2.05, 4.69) is 32.5 Å². The lowest BCUT2D eigenvalue weighted by Gasteiger charge is -2.32. The van der Waals surface area contributed by atoms with Gasteiger partial charge in [-0.2, -0.15) is 0 Å². The van der Waals surface area contributed by atoms with E-state index in [4.69, 9.17) is 14.2 Å². The highest BCUT2D eigenvalue weighted by Gasteiger charge is 2.38. The SMILES string of the molecule is COCOCC1CC2COc3c(I)ccnc3N2C1. The average Bonchev–Trinajstić information content (AvgIpc) is 2.82. The molecule has 3 rings (SSSR count). The van der Waals surface area contributed by atoms with Crippen molar-refractivity contribution in [2.75, 3.05) is 38.6 Å². The van der Waals surface area contributed by atoms with Gasteiger partial charge in [0.15, 0.2) is 11.6 Å². The Balaban J connectivity index is 1.71. The second-order valence-corrected chi connectivity index (χ2v) is 6.10. The maximum atomic E-state index is 5.86. The summed E-state index contributed by atoms with van der Waals surface area (Å²) in [5, 5.41) is 0. The second-order valence-electron chi connectivity index (χ2n) is 4.94. The number of fused-ring (bicyclic) bond motifs is 3. The van der Waals surface area contributed by atoms with E-state index >= 15 is 0 Å². The molecule has 1 fully saturated rings. The minimum Gasteiger partial charge on any atom is -0.486 e. The lowest BCUT2D eigenvalue weighted by molar-refractivity contribution is -0.0414. The van der Waals surface area contributed by atoms with Gasteiger partial charge in [0.25, 0.3) is 0 Å². The molecular weight excluding hydrogens is 359 g/mol. The first-order chi connectivity index (χ1) is 9.29. The van der Waals surface area contributed by atoms with Crippen LogP contribution in [0.15, 0.2) is 12.3 Å². The van der Waals surface area contributed by atoms with Gasteiger partial charge in [-0.15, -0.1) is 0 Å². The van der Waals surface area contributed by atoms with Crippen LogP contribution in [0.1, 0.15) is 6.42 Å². The van der Waals surface area contributed by atoms with E-state index in [1.807, 2.05) is 12.3 Å². The van der Waals surface area contributed by atoms with Crippen LogP contribution in [0.5, 0.6) is 5.75 Å². The molecule has 0 aliphatic carbocycles. The molecule has 0 amide bonds. The van der Waals surface area contributed by atoms with Crippen molar-refractivity contribution in [1.82, 2.24) is 4.98 Å². The average molecular weight is 376 g/mol. The van der Waals surface area contributed by atoms with Crippen molar-refractivity contribution in [3.05, 3.63) is 15.8 Å². The number of hydrogen-bond acceptors (Lipinski definition) is 5. The normalized spacial score (nSPS) is 24.8. The van der Waals surface area contributed by atoms with Crippen molar-refractivity contribution >= 4 is 28.4 Å². The molecule has 0 spiro atoms. The molecule has 104 valence electrons. The Hall–Kier alpha value is -0.600. The van der Waals surface area contributed by atoms with Gasteiger partial charge in [0.2, 0.25) is 0 Å². The summed E-state index contributed by atoms with van der Waals surface area (Å²) in [4.78, 5) is 6.85. The van der Waals surface area contributed by atoms with E-state index in [1.165, 1.54) is 0 Å². The van der Waals surface area contributed by atoms with Crippen LogP contribution in [-0.4, -0.2) is 44.7 Å². The highest BCUT2D eigenvalue weighted by molar-refractivity contribution is 14.1. The van der Waals surface area contributed by atoms with Gasteiger partial charge < -0.3 is 19.1 Å². The van der Waals surface area contributed by atoms with Gasteiger partial charge in [0.1, 0.15) is 13.4 Å². The zero-order valence-electron chi connectivity index (χ0n) is 10.8. The Morgan fingerprint density at radius 1 is 1.58 bits per heavy atom. The molecule has 6 heteroatoms. The van der Waals surface area contributed by atoms with Crippen LogP contribution < -0.4 is 9.64 Å². The summed E-state index contributed by atoms with van der Waals surface area (Å²) in [6, 6.07) is 2.41. The summed E-state index contributed by atoms with van der Waals surface area (Å²) in [6.07, 6.45) is 2.94. The maximum absolute atomic E-state index is 5.86. The van der Waals surface area contributed by atoms with E-state index in [1.54, 1.807) is 7.11 Å². The molecule has 0 aromatic carbocycles. The Morgan fingerprint density at radius 3 is 3.32 bits per heavy atom. The first kappa shape index (κ1) is 13.4. The van der Waals surface area contributed by atoms with Crippen molar-refractivity contribution in [2.45, 2.75) is 12.5 Å². The zero-order valence-corrected chi connectivity index (χ0v) is 13.0. The molecule has 0 bridgehead atoms. The fourth-order valence-electron chi connectivity index (χ4n) is 2.78. The number of halogens is 1. The molecule has 3 heterocycles. The van der Waals surface area contributed by atoms with E-state index in [0.29, 0.717) is 18.8 Å². The van der Waals surface area contributed by atoms with Crippen LogP contribution >= 0.6 is 22.6 Å². The number of ether oxygens (including phenoxy) is 3. The van der Waals surface area contributed by atoms with Crippen molar-refractivity contribution in [1.29, 1.82) is 0 Å². The molecule has 19 heavy (non-hydrogen) atoms. The minimum atomic E-state index is 0.365. The summed E-state index contributed by atoms with van der Waals surface area (Å²) >= 11 is 2.30. The molecule has 2 atom stereocenters.